The number of carbonyl (C=O) groups is 1. The third kappa shape index (κ3) is 3.49. The molecule has 0 aliphatic carbocycles. The minimum atomic E-state index is -3.05. The van der Waals surface area contributed by atoms with Crippen molar-refractivity contribution in [1.82, 2.24) is 14.7 Å². The molecule has 1 aromatic rings. The van der Waals surface area contributed by atoms with E-state index in [4.69, 9.17) is 0 Å². The van der Waals surface area contributed by atoms with Crippen molar-refractivity contribution in [3.05, 3.63) is 28.2 Å². The maximum atomic E-state index is 12.4. The first kappa shape index (κ1) is 15.7. The lowest BCUT2D eigenvalue weighted by Gasteiger charge is -2.23. The van der Waals surface area contributed by atoms with Gasteiger partial charge in [-0.25, -0.2) is 13.1 Å². The largest absolute Gasteiger partial charge is 0.336 e. The molecule has 0 bridgehead atoms. The van der Waals surface area contributed by atoms with E-state index >= 15 is 0 Å². The average molecular weight is 313 g/mol. The Morgan fingerprint density at radius 2 is 2.19 bits per heavy atom. The highest BCUT2D eigenvalue weighted by molar-refractivity contribution is 7.91. The van der Waals surface area contributed by atoms with E-state index in [-0.39, 0.29) is 34.7 Å². The van der Waals surface area contributed by atoms with Crippen LogP contribution in [0.3, 0.4) is 0 Å². The molecule has 1 aliphatic rings. The summed E-state index contributed by atoms with van der Waals surface area (Å²) < 4.78 is 24.2. The molecule has 2 rings (SSSR count). The summed E-state index contributed by atoms with van der Waals surface area (Å²) in [5.41, 5.74) is -0.0886. The lowest BCUT2D eigenvalue weighted by atomic mass is 10.2. The van der Waals surface area contributed by atoms with E-state index in [1.807, 2.05) is 6.92 Å². The SMILES string of the molecule is CCCn1nc(C(=O)N(C)C2CCS(=O)(=O)C2)ccc1=O. The zero-order valence-corrected chi connectivity index (χ0v) is 13.0. The number of rotatable bonds is 4. The molecule has 7 nitrogen and oxygen atoms in total. The Hall–Kier alpha value is -1.70. The van der Waals surface area contributed by atoms with E-state index in [2.05, 4.69) is 5.10 Å². The maximum absolute atomic E-state index is 12.4. The number of amides is 1. The van der Waals surface area contributed by atoms with Gasteiger partial charge in [0.2, 0.25) is 0 Å². The molecule has 0 saturated carbocycles. The first-order valence-corrected chi connectivity index (χ1v) is 8.72. The molecular weight excluding hydrogens is 294 g/mol. The Kier molecular flexibility index (Phi) is 4.46. The zero-order valence-electron chi connectivity index (χ0n) is 12.2. The number of carbonyl (C=O) groups excluding carboxylic acids is 1. The number of aromatic nitrogens is 2. The second kappa shape index (κ2) is 5.97. The molecule has 0 spiro atoms. The Labute approximate surface area is 123 Å². The molecule has 1 amide bonds. The van der Waals surface area contributed by atoms with Gasteiger partial charge in [0.1, 0.15) is 5.69 Å². The molecule has 1 saturated heterocycles. The molecule has 1 aromatic heterocycles. The number of sulfone groups is 1. The summed E-state index contributed by atoms with van der Waals surface area (Å²) in [7, 11) is -1.48. The topological polar surface area (TPSA) is 89.3 Å². The number of aryl methyl sites for hydroxylation is 1. The van der Waals surface area contributed by atoms with Gasteiger partial charge in [-0.2, -0.15) is 5.10 Å². The summed E-state index contributed by atoms with van der Waals surface area (Å²) >= 11 is 0. The quantitative estimate of drug-likeness (QED) is 0.775. The normalized spacial score (nSPS) is 20.4. The molecule has 116 valence electrons. The maximum Gasteiger partial charge on any atom is 0.274 e. The van der Waals surface area contributed by atoms with Crippen molar-refractivity contribution < 1.29 is 13.2 Å². The number of nitrogens with zero attached hydrogens (tertiary/aromatic N) is 3. The predicted molar refractivity (Wildman–Crippen MR) is 77.9 cm³/mol. The van der Waals surface area contributed by atoms with E-state index in [1.54, 1.807) is 7.05 Å². The van der Waals surface area contributed by atoms with E-state index < -0.39 is 9.84 Å². The minimum absolute atomic E-state index is 0.0101. The van der Waals surface area contributed by atoms with Gasteiger partial charge in [-0.05, 0) is 18.9 Å². The van der Waals surface area contributed by atoms with Crippen LogP contribution >= 0.6 is 0 Å². The van der Waals surface area contributed by atoms with Crippen LogP contribution in [-0.4, -0.2) is 53.6 Å². The van der Waals surface area contributed by atoms with Crippen molar-refractivity contribution in [2.75, 3.05) is 18.6 Å². The third-order valence-corrected chi connectivity index (χ3v) is 5.35. The summed E-state index contributed by atoms with van der Waals surface area (Å²) in [4.78, 5) is 25.4. The molecule has 0 N–H and O–H groups in total. The van der Waals surface area contributed by atoms with Crippen LogP contribution in [0.4, 0.5) is 0 Å². The van der Waals surface area contributed by atoms with Crippen LogP contribution in [-0.2, 0) is 16.4 Å². The first-order chi connectivity index (χ1) is 9.84. The summed E-state index contributed by atoms with van der Waals surface area (Å²) in [6.07, 6.45) is 1.18. The smallest absolute Gasteiger partial charge is 0.274 e. The van der Waals surface area contributed by atoms with Gasteiger partial charge in [0.25, 0.3) is 11.5 Å². The van der Waals surface area contributed by atoms with Crippen molar-refractivity contribution in [1.29, 1.82) is 0 Å². The van der Waals surface area contributed by atoms with Crippen molar-refractivity contribution in [3.63, 3.8) is 0 Å². The molecule has 2 heterocycles. The molecular formula is C13H19N3O4S. The van der Waals surface area contributed by atoms with E-state index in [0.717, 1.165) is 6.42 Å². The average Bonchev–Trinajstić information content (AvgIpc) is 2.80. The fraction of sp³-hybridized carbons (Fsp3) is 0.615. The number of hydrogen-bond acceptors (Lipinski definition) is 5. The van der Waals surface area contributed by atoms with Crippen LogP contribution in [0.1, 0.15) is 30.3 Å². The molecule has 0 radical (unpaired) electrons. The standard InChI is InChI=1S/C13H19N3O4S/c1-3-7-16-12(17)5-4-11(14-16)13(18)15(2)10-6-8-21(19,20)9-10/h4-5,10H,3,6-9H2,1-2H3. The highest BCUT2D eigenvalue weighted by Gasteiger charge is 2.33. The lowest BCUT2D eigenvalue weighted by Crippen LogP contribution is -2.39. The van der Waals surface area contributed by atoms with Gasteiger partial charge in [0.15, 0.2) is 9.84 Å². The van der Waals surface area contributed by atoms with E-state index in [1.165, 1.54) is 21.7 Å². The van der Waals surface area contributed by atoms with Crippen LogP contribution in [0, 0.1) is 0 Å². The monoisotopic (exact) mass is 313 g/mol. The van der Waals surface area contributed by atoms with Crippen LogP contribution in [0.5, 0.6) is 0 Å². The number of hydrogen-bond donors (Lipinski definition) is 0. The van der Waals surface area contributed by atoms with Crippen LogP contribution in [0.2, 0.25) is 0 Å². The van der Waals surface area contributed by atoms with E-state index in [0.29, 0.717) is 13.0 Å². The van der Waals surface area contributed by atoms with Gasteiger partial charge >= 0.3 is 0 Å². The molecule has 8 heteroatoms. The molecule has 0 aromatic carbocycles. The lowest BCUT2D eigenvalue weighted by molar-refractivity contribution is 0.0738. The first-order valence-electron chi connectivity index (χ1n) is 6.90. The van der Waals surface area contributed by atoms with Crippen LogP contribution in [0.15, 0.2) is 16.9 Å². The summed E-state index contributed by atoms with van der Waals surface area (Å²) in [6.45, 7) is 2.36. The van der Waals surface area contributed by atoms with Crippen LogP contribution < -0.4 is 5.56 Å². The summed E-state index contributed by atoms with van der Waals surface area (Å²) in [5.74, 6) is -0.260. The van der Waals surface area contributed by atoms with Gasteiger partial charge in [-0.3, -0.25) is 9.59 Å². The third-order valence-electron chi connectivity index (χ3n) is 3.60. The fourth-order valence-electron chi connectivity index (χ4n) is 2.36. The minimum Gasteiger partial charge on any atom is -0.336 e. The van der Waals surface area contributed by atoms with Crippen molar-refractivity contribution in [2.45, 2.75) is 32.4 Å². The molecule has 21 heavy (non-hydrogen) atoms. The van der Waals surface area contributed by atoms with Gasteiger partial charge in [-0.15, -0.1) is 0 Å². The highest BCUT2D eigenvalue weighted by atomic mass is 32.2. The second-order valence-corrected chi connectivity index (χ2v) is 7.48. The predicted octanol–water partition coefficient (Wildman–Crippen LogP) is -0.0876. The summed E-state index contributed by atoms with van der Waals surface area (Å²) in [5, 5.41) is 4.05. The zero-order chi connectivity index (χ0) is 15.6. The molecule has 1 unspecified atom stereocenters. The second-order valence-electron chi connectivity index (χ2n) is 5.25. The van der Waals surface area contributed by atoms with Gasteiger partial charge < -0.3 is 4.90 Å². The van der Waals surface area contributed by atoms with Crippen LogP contribution in [0.25, 0.3) is 0 Å². The molecule has 1 fully saturated rings. The van der Waals surface area contributed by atoms with Gasteiger partial charge in [0, 0.05) is 25.7 Å². The molecule has 1 atom stereocenters. The summed E-state index contributed by atoms with van der Waals surface area (Å²) in [6, 6.07) is 2.38. The van der Waals surface area contributed by atoms with E-state index in [9.17, 15) is 18.0 Å². The van der Waals surface area contributed by atoms with Gasteiger partial charge in [0.05, 0.1) is 11.5 Å². The fourth-order valence-corrected chi connectivity index (χ4v) is 4.14. The molecule has 1 aliphatic heterocycles. The van der Waals surface area contributed by atoms with Crippen molar-refractivity contribution in [3.8, 4) is 0 Å². The Bertz CT molecular complexity index is 696. The van der Waals surface area contributed by atoms with Crippen molar-refractivity contribution in [2.24, 2.45) is 0 Å². The Morgan fingerprint density at radius 3 is 2.76 bits per heavy atom. The van der Waals surface area contributed by atoms with Gasteiger partial charge in [-0.1, -0.05) is 6.92 Å². The Balaban J connectivity index is 2.20. The van der Waals surface area contributed by atoms with Crippen molar-refractivity contribution >= 4 is 15.7 Å². The highest BCUT2D eigenvalue weighted by Crippen LogP contribution is 2.17. The Morgan fingerprint density at radius 1 is 1.48 bits per heavy atom.